The van der Waals surface area contributed by atoms with Gasteiger partial charge in [-0.3, -0.25) is 0 Å². The normalized spacial score (nSPS) is 23.3. The predicted octanol–water partition coefficient (Wildman–Crippen LogP) is 14.1. The second kappa shape index (κ2) is 11.6. The number of fused-ring (bicyclic) bond motifs is 6. The summed E-state index contributed by atoms with van der Waals surface area (Å²) in [7, 11) is 0. The summed E-state index contributed by atoms with van der Waals surface area (Å²) in [4.78, 5) is 2.47. The van der Waals surface area contributed by atoms with Gasteiger partial charge < -0.3 is 9.32 Å². The summed E-state index contributed by atoms with van der Waals surface area (Å²) < 4.78 is 6.51. The molecule has 0 N–H and O–H groups in total. The molecule has 0 atom stereocenters. The van der Waals surface area contributed by atoms with Gasteiger partial charge in [0.15, 0.2) is 0 Å². The topological polar surface area (TPSA) is 16.4 Å². The molecule has 2 heteroatoms. The van der Waals surface area contributed by atoms with Crippen LogP contribution in [0.15, 0.2) is 168 Å². The Morgan fingerprint density at radius 3 is 1.80 bits per heavy atom. The highest BCUT2D eigenvalue weighted by molar-refractivity contribution is 6.06. The number of furan rings is 1. The van der Waals surface area contributed by atoms with Crippen LogP contribution in [-0.2, 0) is 5.41 Å². The van der Waals surface area contributed by atoms with Gasteiger partial charge in [-0.25, -0.2) is 0 Å². The van der Waals surface area contributed by atoms with Crippen molar-refractivity contribution in [2.24, 2.45) is 23.7 Å². The molecule has 0 unspecified atom stereocenters. The van der Waals surface area contributed by atoms with Gasteiger partial charge in [-0.1, -0.05) is 115 Å². The standard InChI is InChI=1S/C52H41NO/c1-3-11-35(12-4-1)37-19-23-47-45(30-37)46-31-40(21-24-48(46)52(47)38-26-33-25-34(28-38)29-39(52)27-33)53(49-17-9-7-15-42(49)36-13-5-2-6-14-36)41-20-22-44-43-16-8-10-18-50(43)54-51(44)32-41/h1-24,30-34,38-39H,25-29H2. The first kappa shape index (κ1) is 30.6. The maximum absolute atomic E-state index is 6.51. The highest BCUT2D eigenvalue weighted by atomic mass is 16.3. The summed E-state index contributed by atoms with van der Waals surface area (Å²) in [5, 5.41) is 2.30. The quantitative estimate of drug-likeness (QED) is 0.178. The number of para-hydroxylation sites is 2. The van der Waals surface area contributed by atoms with Crippen molar-refractivity contribution in [3.8, 4) is 33.4 Å². The van der Waals surface area contributed by atoms with Crippen molar-refractivity contribution in [1.82, 2.24) is 0 Å². The summed E-state index contributed by atoms with van der Waals surface area (Å²) in [6.07, 6.45) is 6.97. The average Bonchev–Trinajstić information content (AvgIpc) is 3.73. The van der Waals surface area contributed by atoms with Gasteiger partial charge in [-0.15, -0.1) is 0 Å². The van der Waals surface area contributed by atoms with Gasteiger partial charge in [-0.2, -0.15) is 0 Å². The zero-order valence-electron chi connectivity index (χ0n) is 30.3. The van der Waals surface area contributed by atoms with E-state index in [1.807, 2.05) is 0 Å². The molecule has 0 saturated heterocycles. The number of rotatable bonds is 5. The summed E-state index contributed by atoms with van der Waals surface area (Å²) >= 11 is 0. The molecule has 0 amide bonds. The fourth-order valence-electron chi connectivity index (χ4n) is 12.0. The molecule has 1 spiro atoms. The predicted molar refractivity (Wildman–Crippen MR) is 223 cm³/mol. The van der Waals surface area contributed by atoms with Gasteiger partial charge in [0.1, 0.15) is 11.2 Å². The van der Waals surface area contributed by atoms with Crippen LogP contribution in [0.3, 0.4) is 0 Å². The SMILES string of the molecule is c1ccc(-c2ccc3c(c2)-c2cc(N(c4ccc5c(c4)oc4ccccc45)c4ccccc4-c4ccccc4)ccc2C32C3CC4CC(C3)CC2C4)cc1. The first-order valence-corrected chi connectivity index (χ1v) is 19.9. The second-order valence-corrected chi connectivity index (χ2v) is 16.5. The first-order chi connectivity index (χ1) is 26.7. The number of benzene rings is 7. The molecule has 7 aromatic carbocycles. The molecule has 4 fully saturated rings. The largest absolute Gasteiger partial charge is 0.456 e. The van der Waals surface area contributed by atoms with Crippen LogP contribution in [0.1, 0.15) is 43.2 Å². The second-order valence-electron chi connectivity index (χ2n) is 16.5. The number of nitrogens with zero attached hydrogens (tertiary/aromatic N) is 1. The Morgan fingerprint density at radius 2 is 1.02 bits per heavy atom. The smallest absolute Gasteiger partial charge is 0.137 e. The molecular formula is C52H41NO. The van der Waals surface area contributed by atoms with Crippen molar-refractivity contribution in [2.75, 3.05) is 4.90 Å². The molecular weight excluding hydrogens is 655 g/mol. The van der Waals surface area contributed by atoms with E-state index in [1.54, 1.807) is 11.1 Å². The third-order valence-electron chi connectivity index (χ3n) is 13.8. The van der Waals surface area contributed by atoms with E-state index in [0.29, 0.717) is 11.8 Å². The van der Waals surface area contributed by atoms with E-state index in [4.69, 9.17) is 4.42 Å². The van der Waals surface area contributed by atoms with E-state index in [0.717, 1.165) is 45.1 Å². The minimum absolute atomic E-state index is 0.103. The van der Waals surface area contributed by atoms with Crippen molar-refractivity contribution in [3.05, 3.63) is 175 Å². The molecule has 13 rings (SSSR count). The fraction of sp³-hybridized carbons (Fsp3) is 0.192. The van der Waals surface area contributed by atoms with E-state index in [-0.39, 0.29) is 5.41 Å². The molecule has 5 aliphatic rings. The van der Waals surface area contributed by atoms with Crippen LogP contribution in [0.5, 0.6) is 0 Å². The van der Waals surface area contributed by atoms with Gasteiger partial charge in [0.25, 0.3) is 0 Å². The van der Waals surface area contributed by atoms with Crippen molar-refractivity contribution >= 4 is 39.0 Å². The van der Waals surface area contributed by atoms with E-state index in [2.05, 4.69) is 169 Å². The number of hydrogen-bond donors (Lipinski definition) is 0. The van der Waals surface area contributed by atoms with Crippen LogP contribution in [0.25, 0.3) is 55.3 Å². The summed E-state index contributed by atoms with van der Waals surface area (Å²) in [5.74, 6) is 3.25. The molecule has 8 aromatic rings. The Morgan fingerprint density at radius 1 is 0.426 bits per heavy atom. The van der Waals surface area contributed by atoms with Crippen LogP contribution >= 0.6 is 0 Å². The highest BCUT2D eigenvalue weighted by Gasteiger charge is 2.61. The Labute approximate surface area is 316 Å². The maximum atomic E-state index is 6.51. The molecule has 260 valence electrons. The lowest BCUT2D eigenvalue weighted by atomic mass is 9.43. The first-order valence-electron chi connectivity index (χ1n) is 19.9. The van der Waals surface area contributed by atoms with E-state index >= 15 is 0 Å². The Kier molecular flexibility index (Phi) is 6.55. The summed E-state index contributed by atoms with van der Waals surface area (Å²) in [6, 6.07) is 60.8. The molecule has 5 aliphatic carbocycles. The lowest BCUT2D eigenvalue weighted by Gasteiger charge is -2.61. The molecule has 54 heavy (non-hydrogen) atoms. The van der Waals surface area contributed by atoms with Crippen LogP contribution in [0.2, 0.25) is 0 Å². The Bertz CT molecular complexity index is 2710. The minimum atomic E-state index is 0.103. The summed E-state index contributed by atoms with van der Waals surface area (Å²) in [6.45, 7) is 0. The van der Waals surface area contributed by atoms with Crippen molar-refractivity contribution in [1.29, 1.82) is 0 Å². The Balaban J connectivity index is 1.10. The average molecular weight is 696 g/mol. The molecule has 2 nitrogen and oxygen atoms in total. The number of anilines is 3. The molecule has 4 saturated carbocycles. The van der Waals surface area contributed by atoms with Crippen LogP contribution in [0, 0.1) is 23.7 Å². The maximum Gasteiger partial charge on any atom is 0.137 e. The monoisotopic (exact) mass is 695 g/mol. The van der Waals surface area contributed by atoms with Gasteiger partial charge in [0, 0.05) is 39.2 Å². The minimum Gasteiger partial charge on any atom is -0.456 e. The molecule has 0 aliphatic heterocycles. The fourth-order valence-corrected chi connectivity index (χ4v) is 12.0. The van der Waals surface area contributed by atoms with E-state index < -0.39 is 0 Å². The zero-order chi connectivity index (χ0) is 35.4. The Hall–Kier alpha value is -5.86. The van der Waals surface area contributed by atoms with Gasteiger partial charge in [0.2, 0.25) is 0 Å². The van der Waals surface area contributed by atoms with Gasteiger partial charge >= 0.3 is 0 Å². The molecule has 1 aromatic heterocycles. The van der Waals surface area contributed by atoms with Crippen molar-refractivity contribution in [3.63, 3.8) is 0 Å². The summed E-state index contributed by atoms with van der Waals surface area (Å²) in [5.41, 5.74) is 16.3. The van der Waals surface area contributed by atoms with Crippen molar-refractivity contribution < 1.29 is 4.42 Å². The van der Waals surface area contributed by atoms with Gasteiger partial charge in [0.05, 0.1) is 5.69 Å². The van der Waals surface area contributed by atoms with Crippen molar-refractivity contribution in [2.45, 2.75) is 37.5 Å². The van der Waals surface area contributed by atoms with Crippen LogP contribution < -0.4 is 4.90 Å². The van der Waals surface area contributed by atoms with Crippen LogP contribution in [0.4, 0.5) is 17.1 Å². The van der Waals surface area contributed by atoms with E-state index in [9.17, 15) is 0 Å². The highest BCUT2D eigenvalue weighted by Crippen LogP contribution is 2.69. The van der Waals surface area contributed by atoms with E-state index in [1.165, 1.54) is 71.2 Å². The number of hydrogen-bond acceptors (Lipinski definition) is 2. The third kappa shape index (κ3) is 4.34. The third-order valence-corrected chi connectivity index (χ3v) is 13.8. The molecule has 0 radical (unpaired) electrons. The lowest BCUT2D eigenvalue weighted by molar-refractivity contribution is -0.0399. The zero-order valence-corrected chi connectivity index (χ0v) is 30.3. The molecule has 1 heterocycles. The molecule has 4 bridgehead atoms. The van der Waals surface area contributed by atoms with Gasteiger partial charge in [-0.05, 0) is 137 Å². The lowest BCUT2D eigenvalue weighted by Crippen LogP contribution is -2.55. The van der Waals surface area contributed by atoms with Crippen LogP contribution in [-0.4, -0.2) is 0 Å².